The van der Waals surface area contributed by atoms with Crippen molar-refractivity contribution in [3.63, 3.8) is 0 Å². The highest BCUT2D eigenvalue weighted by Gasteiger charge is 2.41. The van der Waals surface area contributed by atoms with Crippen molar-refractivity contribution in [2.24, 2.45) is 5.73 Å². The highest BCUT2D eigenvalue weighted by atomic mass is 32.2. The van der Waals surface area contributed by atoms with Crippen molar-refractivity contribution in [3.8, 4) is 6.07 Å². The van der Waals surface area contributed by atoms with Gasteiger partial charge in [0.1, 0.15) is 5.82 Å². The van der Waals surface area contributed by atoms with Gasteiger partial charge in [-0.2, -0.15) is 5.26 Å². The van der Waals surface area contributed by atoms with Crippen molar-refractivity contribution in [2.75, 3.05) is 10.7 Å². The lowest BCUT2D eigenvalue weighted by molar-refractivity contribution is -0.384. The van der Waals surface area contributed by atoms with E-state index in [1.807, 2.05) is 0 Å². The average Bonchev–Trinajstić information content (AvgIpc) is 3.21. The molecule has 0 saturated carbocycles. The smallest absolute Gasteiger partial charge is 0.269 e. The third kappa shape index (κ3) is 4.05. The fourth-order valence-electron chi connectivity index (χ4n) is 4.47. The van der Waals surface area contributed by atoms with Gasteiger partial charge in [0.25, 0.3) is 5.69 Å². The molecule has 1 aromatic heterocycles. The summed E-state index contributed by atoms with van der Waals surface area (Å²) in [7, 11) is 0. The molecule has 2 heterocycles. The van der Waals surface area contributed by atoms with Gasteiger partial charge in [-0.15, -0.1) is 23.1 Å². The maximum Gasteiger partial charge on any atom is 0.269 e. The Morgan fingerprint density at radius 3 is 2.64 bits per heavy atom. The predicted molar refractivity (Wildman–Crippen MR) is 131 cm³/mol. The zero-order valence-electron chi connectivity index (χ0n) is 18.5. The lowest BCUT2D eigenvalue weighted by Gasteiger charge is -2.39. The molecule has 2 N–H and O–H groups in total. The van der Waals surface area contributed by atoms with Crippen LogP contribution in [0.3, 0.4) is 0 Å². The number of nitrogens with zero attached hydrogens (tertiary/aromatic N) is 3. The van der Waals surface area contributed by atoms with E-state index >= 15 is 0 Å². The van der Waals surface area contributed by atoms with Gasteiger partial charge in [0.05, 0.1) is 26.7 Å². The molecule has 1 aromatic carbocycles. The number of nitro benzene ring substituents is 1. The molecule has 1 aliphatic carbocycles. The number of nitrogens with two attached hydrogens (primary N) is 1. The van der Waals surface area contributed by atoms with Crippen LogP contribution in [0.15, 0.2) is 57.2 Å². The van der Waals surface area contributed by atoms with Crippen molar-refractivity contribution in [1.29, 1.82) is 5.26 Å². The Labute approximate surface area is 200 Å². The van der Waals surface area contributed by atoms with Crippen molar-refractivity contribution >= 4 is 40.3 Å². The molecular formula is C24H24N4O3S2. The number of thioether (sulfide) groups is 1. The number of benzene rings is 1. The van der Waals surface area contributed by atoms with E-state index in [-0.39, 0.29) is 17.3 Å². The summed E-state index contributed by atoms with van der Waals surface area (Å²) in [5.74, 6) is 0.712. The number of rotatable bonds is 6. The van der Waals surface area contributed by atoms with Crippen molar-refractivity contribution in [3.05, 3.63) is 73.6 Å². The summed E-state index contributed by atoms with van der Waals surface area (Å²) in [4.78, 5) is 26.9. The van der Waals surface area contributed by atoms with E-state index in [1.165, 1.54) is 17.0 Å². The Balaban J connectivity index is 1.93. The van der Waals surface area contributed by atoms with Gasteiger partial charge in [0, 0.05) is 40.4 Å². The monoisotopic (exact) mass is 480 g/mol. The third-order valence-corrected chi connectivity index (χ3v) is 8.42. The second kappa shape index (κ2) is 9.41. The number of carbonyl (C=O) groups is 1. The first kappa shape index (κ1) is 23.1. The number of aryl methyl sites for hydroxylation is 1. The van der Waals surface area contributed by atoms with Gasteiger partial charge in [-0.05, 0) is 48.8 Å². The Morgan fingerprint density at radius 1 is 1.30 bits per heavy atom. The van der Waals surface area contributed by atoms with Crippen LogP contribution < -0.4 is 10.6 Å². The van der Waals surface area contributed by atoms with Gasteiger partial charge in [0.2, 0.25) is 0 Å². The van der Waals surface area contributed by atoms with E-state index in [0.717, 1.165) is 27.6 Å². The van der Waals surface area contributed by atoms with E-state index < -0.39 is 10.8 Å². The van der Waals surface area contributed by atoms with E-state index in [4.69, 9.17) is 5.73 Å². The van der Waals surface area contributed by atoms with E-state index in [2.05, 4.69) is 26.0 Å². The highest BCUT2D eigenvalue weighted by Crippen LogP contribution is 2.50. The minimum absolute atomic E-state index is 0.0304. The Kier molecular flexibility index (Phi) is 6.58. The summed E-state index contributed by atoms with van der Waals surface area (Å²) in [6.45, 7) is 4.18. The van der Waals surface area contributed by atoms with Gasteiger partial charge < -0.3 is 5.73 Å². The Morgan fingerprint density at radius 2 is 2.03 bits per heavy atom. The van der Waals surface area contributed by atoms with Gasteiger partial charge in [-0.1, -0.05) is 13.8 Å². The number of hydrogen-bond donors (Lipinski definition) is 1. The molecule has 0 saturated heterocycles. The van der Waals surface area contributed by atoms with Crippen LogP contribution >= 0.6 is 23.1 Å². The largest absolute Gasteiger partial charge is 0.384 e. The molecule has 2 aromatic rings. The molecule has 170 valence electrons. The fraction of sp³-hybridized carbons (Fsp3) is 0.333. The van der Waals surface area contributed by atoms with Crippen LogP contribution in [-0.4, -0.2) is 16.5 Å². The summed E-state index contributed by atoms with van der Waals surface area (Å²) >= 11 is 3.43. The normalized spacial score (nSPS) is 18.4. The zero-order valence-corrected chi connectivity index (χ0v) is 20.1. The molecule has 9 heteroatoms. The van der Waals surface area contributed by atoms with E-state index in [1.54, 1.807) is 40.1 Å². The molecule has 0 fully saturated rings. The van der Waals surface area contributed by atoms with Crippen LogP contribution in [0.1, 0.15) is 49.5 Å². The first-order valence-electron chi connectivity index (χ1n) is 10.9. The van der Waals surface area contributed by atoms with Crippen molar-refractivity contribution in [1.82, 2.24) is 0 Å². The second-order valence-corrected chi connectivity index (χ2v) is 10.5. The molecule has 7 nitrogen and oxygen atoms in total. The number of Topliss-reactive ketones (excluding diaryl/α,β-unsaturated/α-hetero) is 1. The first-order valence-corrected chi connectivity index (χ1v) is 12.7. The van der Waals surface area contributed by atoms with Crippen molar-refractivity contribution in [2.45, 2.75) is 49.7 Å². The summed E-state index contributed by atoms with van der Waals surface area (Å²) in [6.07, 6.45) is 2.66. The van der Waals surface area contributed by atoms with Crippen LogP contribution in [0.5, 0.6) is 0 Å². The van der Waals surface area contributed by atoms with Crippen LogP contribution in [0.25, 0.3) is 0 Å². The molecule has 2 aliphatic rings. The molecule has 33 heavy (non-hydrogen) atoms. The number of allylic oxidation sites excluding steroid dienone is 3. The number of anilines is 1. The maximum absolute atomic E-state index is 13.3. The SMILES string of the molecule is CCSc1sc(CC)cc1[C@@H]1C(C#N)=C(N)N(c2ccc([N+](=O)[O-])cc2)C2=C1C(=O)CCC2. The van der Waals surface area contributed by atoms with Gasteiger partial charge in [-0.3, -0.25) is 19.8 Å². The van der Waals surface area contributed by atoms with Gasteiger partial charge in [0.15, 0.2) is 5.78 Å². The molecule has 0 amide bonds. The molecule has 0 radical (unpaired) electrons. The Bertz CT molecular complexity index is 1220. The zero-order chi connectivity index (χ0) is 23.7. The van der Waals surface area contributed by atoms with E-state index in [9.17, 15) is 20.2 Å². The highest BCUT2D eigenvalue weighted by molar-refractivity contribution is 8.01. The summed E-state index contributed by atoms with van der Waals surface area (Å²) in [5.41, 5.74) is 9.93. The van der Waals surface area contributed by atoms with Crippen LogP contribution in [0, 0.1) is 21.4 Å². The number of nitro groups is 1. The first-order chi connectivity index (χ1) is 15.9. The average molecular weight is 481 g/mol. The second-order valence-electron chi connectivity index (χ2n) is 7.83. The number of hydrogen-bond acceptors (Lipinski definition) is 8. The number of nitriles is 1. The lowest BCUT2D eigenvalue weighted by Crippen LogP contribution is -2.38. The molecular weight excluding hydrogens is 456 g/mol. The van der Waals surface area contributed by atoms with Crippen LogP contribution in [0.4, 0.5) is 11.4 Å². The predicted octanol–water partition coefficient (Wildman–Crippen LogP) is 5.64. The van der Waals surface area contributed by atoms with E-state index in [0.29, 0.717) is 36.1 Å². The minimum atomic E-state index is -0.488. The third-order valence-electron chi connectivity index (χ3n) is 5.94. The number of carbonyl (C=O) groups excluding carboxylic acids is 1. The summed E-state index contributed by atoms with van der Waals surface area (Å²) in [5, 5.41) is 21.3. The molecule has 4 rings (SSSR count). The quantitative estimate of drug-likeness (QED) is 0.323. The maximum atomic E-state index is 13.3. The standard InChI is InChI=1S/C24H24N4O3S2/c1-3-16-12-17(24(33-16)32-4-2)21-18(13-25)23(26)27(19-6-5-7-20(29)22(19)21)14-8-10-15(11-9-14)28(30)31/h8-12,21H,3-7,26H2,1-2H3/t21-/m1/s1. The Hall–Kier alpha value is -3.09. The topological polar surface area (TPSA) is 113 Å². The molecule has 1 aliphatic heterocycles. The molecule has 0 spiro atoms. The lowest BCUT2D eigenvalue weighted by atomic mass is 9.76. The number of ketones is 1. The summed E-state index contributed by atoms with van der Waals surface area (Å²) < 4.78 is 1.12. The van der Waals surface area contributed by atoms with Crippen LogP contribution in [0.2, 0.25) is 0 Å². The van der Waals surface area contributed by atoms with Crippen molar-refractivity contribution < 1.29 is 9.72 Å². The van der Waals surface area contributed by atoms with Gasteiger partial charge >= 0.3 is 0 Å². The fourth-order valence-corrected chi connectivity index (χ4v) is 6.85. The number of thiophene rings is 1. The molecule has 0 unspecified atom stereocenters. The van der Waals surface area contributed by atoms with Gasteiger partial charge in [-0.25, -0.2) is 0 Å². The molecule has 0 bridgehead atoms. The molecule has 1 atom stereocenters. The summed E-state index contributed by atoms with van der Waals surface area (Å²) in [6, 6.07) is 10.5. The van der Waals surface area contributed by atoms with Crippen LogP contribution in [-0.2, 0) is 11.2 Å². The number of non-ortho nitro benzene ring substituents is 1. The minimum Gasteiger partial charge on any atom is -0.384 e.